The lowest BCUT2D eigenvalue weighted by Crippen LogP contribution is -2.56. The van der Waals surface area contributed by atoms with E-state index in [0.29, 0.717) is 35.2 Å². The van der Waals surface area contributed by atoms with E-state index in [9.17, 15) is 9.59 Å². The van der Waals surface area contributed by atoms with Gasteiger partial charge in [0.05, 0.1) is 16.5 Å². The fourth-order valence-electron chi connectivity index (χ4n) is 3.72. The van der Waals surface area contributed by atoms with Gasteiger partial charge in [-0.2, -0.15) is 4.98 Å². The first-order chi connectivity index (χ1) is 15.8. The fraction of sp³-hybridized carbons (Fsp3) is 0.304. The number of hydrogen-bond acceptors (Lipinski definition) is 5. The summed E-state index contributed by atoms with van der Waals surface area (Å²) in [6.07, 6.45) is 0.00697. The molecule has 1 aliphatic rings. The van der Waals surface area contributed by atoms with Gasteiger partial charge in [-0.1, -0.05) is 40.5 Å². The molecule has 0 spiro atoms. The number of rotatable bonds is 4. The van der Waals surface area contributed by atoms with Gasteiger partial charge >= 0.3 is 6.03 Å². The van der Waals surface area contributed by atoms with Gasteiger partial charge in [0.1, 0.15) is 0 Å². The van der Waals surface area contributed by atoms with E-state index in [1.165, 1.54) is 0 Å². The fourth-order valence-corrected chi connectivity index (χ4v) is 4.02. The Bertz CT molecular complexity index is 1180. The second-order valence-corrected chi connectivity index (χ2v) is 8.82. The largest absolute Gasteiger partial charge is 0.338 e. The van der Waals surface area contributed by atoms with Crippen LogP contribution in [0, 0.1) is 6.92 Å². The van der Waals surface area contributed by atoms with E-state index in [2.05, 4.69) is 15.5 Å². The van der Waals surface area contributed by atoms with E-state index in [1.807, 2.05) is 38.1 Å². The Morgan fingerprint density at radius 2 is 1.97 bits per heavy atom. The maximum Gasteiger partial charge on any atom is 0.322 e. The molecule has 1 unspecified atom stereocenters. The smallest absolute Gasteiger partial charge is 0.322 e. The van der Waals surface area contributed by atoms with Gasteiger partial charge in [-0.3, -0.25) is 4.79 Å². The monoisotopic (exact) mass is 487 g/mol. The Labute approximate surface area is 201 Å². The molecule has 172 valence electrons. The van der Waals surface area contributed by atoms with E-state index >= 15 is 0 Å². The number of carbonyl (C=O) groups excluding carboxylic acids is 2. The molecule has 3 aromatic rings. The van der Waals surface area contributed by atoms with Crippen LogP contribution in [0.25, 0.3) is 11.5 Å². The summed E-state index contributed by atoms with van der Waals surface area (Å²) in [6.45, 7) is 5.19. The van der Waals surface area contributed by atoms with E-state index in [-0.39, 0.29) is 36.1 Å². The van der Waals surface area contributed by atoms with Gasteiger partial charge in [-0.25, -0.2) is 4.79 Å². The van der Waals surface area contributed by atoms with Gasteiger partial charge < -0.3 is 19.6 Å². The number of piperazine rings is 1. The average molecular weight is 488 g/mol. The summed E-state index contributed by atoms with van der Waals surface area (Å²) in [4.78, 5) is 33.3. The van der Waals surface area contributed by atoms with Gasteiger partial charge in [0.25, 0.3) is 5.89 Å². The highest BCUT2D eigenvalue weighted by atomic mass is 35.5. The van der Waals surface area contributed by atoms with E-state index in [1.54, 1.807) is 28.0 Å². The number of anilines is 1. The molecular weight excluding hydrogens is 465 g/mol. The quantitative estimate of drug-likeness (QED) is 0.577. The number of hydrogen-bond donors (Lipinski definition) is 1. The van der Waals surface area contributed by atoms with Crippen LogP contribution in [-0.2, 0) is 11.2 Å². The summed E-state index contributed by atoms with van der Waals surface area (Å²) in [5.74, 6) is 0.429. The van der Waals surface area contributed by atoms with Gasteiger partial charge in [-0.15, -0.1) is 0 Å². The van der Waals surface area contributed by atoms with Crippen LogP contribution in [0.4, 0.5) is 10.5 Å². The van der Waals surface area contributed by atoms with Crippen molar-refractivity contribution in [1.29, 1.82) is 0 Å². The SMILES string of the molecule is Cc1cccc(NC(=O)N2CCN(C(=O)Cc3noc(-c4ccc(Cl)c(Cl)c4)n3)CC2C)c1. The van der Waals surface area contributed by atoms with Crippen molar-refractivity contribution < 1.29 is 14.1 Å². The third kappa shape index (κ3) is 5.46. The topological polar surface area (TPSA) is 91.6 Å². The van der Waals surface area contributed by atoms with Crippen LogP contribution in [0.5, 0.6) is 0 Å². The third-order valence-electron chi connectivity index (χ3n) is 5.45. The molecule has 33 heavy (non-hydrogen) atoms. The second-order valence-electron chi connectivity index (χ2n) is 8.00. The number of aromatic nitrogens is 2. The number of urea groups is 1. The van der Waals surface area contributed by atoms with Crippen molar-refractivity contribution in [3.05, 3.63) is 63.9 Å². The zero-order chi connectivity index (χ0) is 23.5. The predicted octanol–water partition coefficient (Wildman–Crippen LogP) is 4.66. The number of benzene rings is 2. The molecule has 2 heterocycles. The Hall–Kier alpha value is -3.10. The first kappa shape index (κ1) is 23.1. The minimum absolute atomic E-state index is 0.00697. The maximum atomic E-state index is 12.8. The molecular formula is C23H23Cl2N5O3. The minimum atomic E-state index is -0.176. The molecule has 10 heteroatoms. The lowest BCUT2D eigenvalue weighted by molar-refractivity contribution is -0.132. The van der Waals surface area contributed by atoms with Crippen LogP contribution >= 0.6 is 23.2 Å². The van der Waals surface area contributed by atoms with Crippen molar-refractivity contribution in [2.24, 2.45) is 0 Å². The normalized spacial score (nSPS) is 16.1. The number of aryl methyl sites for hydroxylation is 1. The van der Waals surface area contributed by atoms with Crippen molar-refractivity contribution in [2.45, 2.75) is 26.3 Å². The van der Waals surface area contributed by atoms with E-state index in [0.717, 1.165) is 11.3 Å². The standard InChI is InChI=1S/C23H23Cl2N5O3/c1-14-4-3-5-17(10-14)26-23(32)30-9-8-29(13-15(30)2)21(31)12-20-27-22(33-28-20)16-6-7-18(24)19(25)11-16/h3-7,10-11,15H,8-9,12-13H2,1-2H3,(H,26,32). The summed E-state index contributed by atoms with van der Waals surface area (Å²) in [6, 6.07) is 12.3. The van der Waals surface area contributed by atoms with Gasteiger partial charge in [0, 0.05) is 36.9 Å². The molecule has 1 aliphatic heterocycles. The average Bonchev–Trinajstić information content (AvgIpc) is 3.24. The number of nitrogens with zero attached hydrogens (tertiary/aromatic N) is 4. The van der Waals surface area contributed by atoms with Crippen molar-refractivity contribution >= 4 is 40.8 Å². The van der Waals surface area contributed by atoms with Crippen molar-refractivity contribution in [2.75, 3.05) is 25.0 Å². The number of amides is 3. The number of carbonyl (C=O) groups is 2. The van der Waals surface area contributed by atoms with Gasteiger partial charge in [0.2, 0.25) is 5.91 Å². The zero-order valence-electron chi connectivity index (χ0n) is 18.2. The Morgan fingerprint density at radius 1 is 1.15 bits per heavy atom. The Kier molecular flexibility index (Phi) is 6.85. The third-order valence-corrected chi connectivity index (χ3v) is 6.19. The first-order valence-electron chi connectivity index (χ1n) is 10.5. The highest BCUT2D eigenvalue weighted by Crippen LogP contribution is 2.27. The van der Waals surface area contributed by atoms with Crippen LogP contribution in [-0.4, -0.2) is 57.6 Å². The molecule has 1 saturated heterocycles. The first-order valence-corrected chi connectivity index (χ1v) is 11.3. The van der Waals surface area contributed by atoms with Crippen LogP contribution in [0.2, 0.25) is 10.0 Å². The molecule has 0 bridgehead atoms. The van der Waals surface area contributed by atoms with Gasteiger partial charge in [-0.05, 0) is 49.7 Å². The molecule has 3 amide bonds. The highest BCUT2D eigenvalue weighted by Gasteiger charge is 2.30. The summed E-state index contributed by atoms with van der Waals surface area (Å²) in [5.41, 5.74) is 2.44. The molecule has 1 fully saturated rings. The van der Waals surface area contributed by atoms with Gasteiger partial charge in [0.15, 0.2) is 5.82 Å². The minimum Gasteiger partial charge on any atom is -0.338 e. The van der Waals surface area contributed by atoms with E-state index < -0.39 is 0 Å². The summed E-state index contributed by atoms with van der Waals surface area (Å²) < 4.78 is 5.27. The molecule has 8 nitrogen and oxygen atoms in total. The van der Waals surface area contributed by atoms with Crippen LogP contribution < -0.4 is 5.32 Å². The molecule has 0 aliphatic carbocycles. The lowest BCUT2D eigenvalue weighted by atomic mass is 10.2. The van der Waals surface area contributed by atoms with Crippen molar-refractivity contribution in [3.63, 3.8) is 0 Å². The van der Waals surface area contributed by atoms with Crippen LogP contribution in [0.15, 0.2) is 47.0 Å². The predicted molar refractivity (Wildman–Crippen MR) is 126 cm³/mol. The molecule has 2 aromatic carbocycles. The molecule has 4 rings (SSSR count). The lowest BCUT2D eigenvalue weighted by Gasteiger charge is -2.39. The number of nitrogens with one attached hydrogen (secondary N) is 1. The zero-order valence-corrected chi connectivity index (χ0v) is 19.7. The summed E-state index contributed by atoms with van der Waals surface area (Å²) in [5, 5.41) is 7.64. The molecule has 0 radical (unpaired) electrons. The van der Waals surface area contributed by atoms with Crippen molar-refractivity contribution in [1.82, 2.24) is 19.9 Å². The van der Waals surface area contributed by atoms with Crippen LogP contribution in [0.1, 0.15) is 18.3 Å². The molecule has 1 N–H and O–H groups in total. The van der Waals surface area contributed by atoms with Crippen molar-refractivity contribution in [3.8, 4) is 11.5 Å². The Morgan fingerprint density at radius 3 is 2.70 bits per heavy atom. The Balaban J connectivity index is 1.33. The van der Waals surface area contributed by atoms with E-state index in [4.69, 9.17) is 27.7 Å². The molecule has 0 saturated carbocycles. The molecule has 1 aromatic heterocycles. The van der Waals surface area contributed by atoms with Crippen LogP contribution in [0.3, 0.4) is 0 Å². The number of halogens is 2. The summed E-state index contributed by atoms with van der Waals surface area (Å²) >= 11 is 12.0. The summed E-state index contributed by atoms with van der Waals surface area (Å²) in [7, 11) is 0. The molecule has 1 atom stereocenters. The second kappa shape index (κ2) is 9.80. The highest BCUT2D eigenvalue weighted by molar-refractivity contribution is 6.42. The maximum absolute atomic E-state index is 12.8.